The van der Waals surface area contributed by atoms with Crippen LogP contribution in [0.3, 0.4) is 0 Å². The van der Waals surface area contributed by atoms with Crippen LogP contribution in [0.2, 0.25) is 0 Å². The Morgan fingerprint density at radius 3 is 2.47 bits per heavy atom. The number of rotatable bonds is 9. The number of carbonyl (C=O) groups is 1. The number of alkyl halides is 3. The minimum absolute atomic E-state index is 0.224. The van der Waals surface area contributed by atoms with Crippen LogP contribution in [0.5, 0.6) is 11.5 Å². The molecular formula is C43H46F3N5O2. The maximum Gasteiger partial charge on any atom is 0.416 e. The third kappa shape index (κ3) is 7.31. The maximum atomic E-state index is 13.2. The smallest absolute Gasteiger partial charge is 0.416 e. The Balaban J connectivity index is 0.936. The third-order valence-electron chi connectivity index (χ3n) is 11.9. The Kier molecular flexibility index (Phi) is 9.53. The molecule has 0 bridgehead atoms. The summed E-state index contributed by atoms with van der Waals surface area (Å²) >= 11 is 0. The van der Waals surface area contributed by atoms with E-state index in [1.54, 1.807) is 18.3 Å². The average molecular weight is 722 g/mol. The monoisotopic (exact) mass is 721 g/mol. The molecule has 7 nitrogen and oxygen atoms in total. The lowest BCUT2D eigenvalue weighted by molar-refractivity contribution is -0.137. The van der Waals surface area contributed by atoms with Gasteiger partial charge in [0, 0.05) is 74.7 Å². The molecule has 276 valence electrons. The molecule has 5 aromatic rings. The van der Waals surface area contributed by atoms with E-state index in [0.29, 0.717) is 41.0 Å². The van der Waals surface area contributed by atoms with Gasteiger partial charge in [-0.1, -0.05) is 50.2 Å². The predicted molar refractivity (Wildman–Crippen MR) is 202 cm³/mol. The van der Waals surface area contributed by atoms with E-state index in [-0.39, 0.29) is 6.04 Å². The van der Waals surface area contributed by atoms with Gasteiger partial charge in [0.05, 0.1) is 17.3 Å². The second-order valence-electron chi connectivity index (χ2n) is 15.5. The fraction of sp³-hybridized carbons (Fsp3) is 0.395. The molecule has 0 amide bonds. The van der Waals surface area contributed by atoms with E-state index in [0.717, 1.165) is 74.1 Å². The van der Waals surface area contributed by atoms with Crippen molar-refractivity contribution in [2.75, 3.05) is 37.6 Å². The SMILES string of the molecule is CC(C)c1ccccc1C1CN(Cc2ccc(C(F)(F)F)cc2)CCN1C1CC2(CCN(c3ccc(C=O)c(Oc4cnc5[nH]ccc5c4)c3)CC2)C1. The van der Waals surface area contributed by atoms with Crippen molar-refractivity contribution in [3.63, 3.8) is 0 Å². The highest BCUT2D eigenvalue weighted by Gasteiger charge is 2.50. The van der Waals surface area contributed by atoms with Gasteiger partial charge < -0.3 is 14.6 Å². The zero-order chi connectivity index (χ0) is 36.7. The summed E-state index contributed by atoms with van der Waals surface area (Å²) in [5, 5.41) is 0.946. The number of H-pyrrole nitrogens is 1. The Bertz CT molecular complexity index is 2060. The number of nitrogens with zero attached hydrogens (tertiary/aromatic N) is 4. The van der Waals surface area contributed by atoms with Gasteiger partial charge in [-0.2, -0.15) is 13.2 Å². The number of carbonyl (C=O) groups excluding carboxylic acids is 1. The zero-order valence-corrected chi connectivity index (χ0v) is 30.3. The van der Waals surface area contributed by atoms with Gasteiger partial charge in [0.15, 0.2) is 6.29 Å². The van der Waals surface area contributed by atoms with Crippen molar-refractivity contribution < 1.29 is 22.7 Å². The van der Waals surface area contributed by atoms with Gasteiger partial charge in [-0.3, -0.25) is 14.6 Å². The van der Waals surface area contributed by atoms with Crippen LogP contribution < -0.4 is 9.64 Å². The topological polar surface area (TPSA) is 64.7 Å². The highest BCUT2D eigenvalue weighted by atomic mass is 19.4. The number of piperazine rings is 1. The summed E-state index contributed by atoms with van der Waals surface area (Å²) in [6.07, 6.45) is 4.60. The van der Waals surface area contributed by atoms with Crippen molar-refractivity contribution in [3.05, 3.63) is 119 Å². The van der Waals surface area contributed by atoms with E-state index in [9.17, 15) is 18.0 Å². The van der Waals surface area contributed by atoms with Gasteiger partial charge in [-0.15, -0.1) is 0 Å². The van der Waals surface area contributed by atoms with Crippen molar-refractivity contribution >= 4 is 23.0 Å². The molecule has 3 aliphatic rings. The molecule has 10 heteroatoms. The molecule has 1 N–H and O–H groups in total. The number of ether oxygens (including phenoxy) is 1. The third-order valence-corrected chi connectivity index (χ3v) is 11.9. The lowest BCUT2D eigenvalue weighted by Crippen LogP contribution is -2.60. The second-order valence-corrected chi connectivity index (χ2v) is 15.5. The number of hydrogen-bond acceptors (Lipinski definition) is 6. The number of pyridine rings is 1. The van der Waals surface area contributed by atoms with Crippen LogP contribution in [-0.2, 0) is 12.7 Å². The zero-order valence-electron chi connectivity index (χ0n) is 30.3. The number of hydrogen-bond donors (Lipinski definition) is 1. The number of halogens is 3. The molecular weight excluding hydrogens is 675 g/mol. The number of fused-ring (bicyclic) bond motifs is 1. The summed E-state index contributed by atoms with van der Waals surface area (Å²) in [6.45, 7) is 9.69. The minimum Gasteiger partial charge on any atom is -0.455 e. The summed E-state index contributed by atoms with van der Waals surface area (Å²) in [7, 11) is 0. The molecule has 1 unspecified atom stereocenters. The summed E-state index contributed by atoms with van der Waals surface area (Å²) < 4.78 is 45.8. The molecule has 0 radical (unpaired) electrons. The first-order chi connectivity index (χ1) is 25.6. The fourth-order valence-corrected chi connectivity index (χ4v) is 8.94. The fourth-order valence-electron chi connectivity index (χ4n) is 8.94. The van der Waals surface area contributed by atoms with E-state index in [1.165, 1.54) is 36.1 Å². The van der Waals surface area contributed by atoms with E-state index >= 15 is 0 Å². The molecule has 8 rings (SSSR count). The molecule has 4 heterocycles. The molecule has 3 aromatic carbocycles. The molecule has 2 aliphatic heterocycles. The number of benzene rings is 3. The van der Waals surface area contributed by atoms with Crippen LogP contribution in [0.25, 0.3) is 11.0 Å². The predicted octanol–water partition coefficient (Wildman–Crippen LogP) is 9.62. The van der Waals surface area contributed by atoms with E-state index in [1.807, 2.05) is 36.5 Å². The lowest BCUT2D eigenvalue weighted by Gasteiger charge is -2.58. The summed E-state index contributed by atoms with van der Waals surface area (Å²) in [4.78, 5) is 27.0. The van der Waals surface area contributed by atoms with Crippen molar-refractivity contribution in [2.45, 2.75) is 70.3 Å². The summed E-state index contributed by atoms with van der Waals surface area (Å²) in [5.74, 6) is 1.51. The minimum atomic E-state index is -4.33. The highest BCUT2D eigenvalue weighted by molar-refractivity contribution is 5.81. The van der Waals surface area contributed by atoms with Gasteiger partial charge in [0.1, 0.15) is 17.1 Å². The van der Waals surface area contributed by atoms with Crippen LogP contribution in [0.1, 0.15) is 84.1 Å². The first kappa shape index (κ1) is 35.4. The van der Waals surface area contributed by atoms with Crippen molar-refractivity contribution in [2.24, 2.45) is 5.41 Å². The van der Waals surface area contributed by atoms with Crippen molar-refractivity contribution in [1.82, 2.24) is 19.8 Å². The number of nitrogens with one attached hydrogen (secondary N) is 1. The standard InChI is InChI=1S/C43H46F3N5O2/c1-29(2)37-5-3-4-6-38(37)39-27-49(26-30-7-10-33(11-8-30)43(44,45)46)19-20-51(39)35-23-42(24-35)14-17-50(18-15-42)34-12-9-32(28-52)40(22-34)53-36-21-31-13-16-47-41(31)48-25-36/h3-13,16,21-22,25,28-29,35,39H,14-15,17-20,23-24,26-27H2,1-2H3,(H,47,48). The quantitative estimate of drug-likeness (QED) is 0.153. The number of piperidine rings is 1. The Morgan fingerprint density at radius 1 is 0.962 bits per heavy atom. The Morgan fingerprint density at radius 2 is 1.74 bits per heavy atom. The maximum absolute atomic E-state index is 13.2. The molecule has 53 heavy (non-hydrogen) atoms. The molecule has 1 aliphatic carbocycles. The van der Waals surface area contributed by atoms with Crippen molar-refractivity contribution in [1.29, 1.82) is 0 Å². The normalized spacial score (nSPS) is 19.9. The van der Waals surface area contributed by atoms with Crippen LogP contribution in [0.15, 0.2) is 91.3 Å². The van der Waals surface area contributed by atoms with Gasteiger partial charge in [0.25, 0.3) is 0 Å². The van der Waals surface area contributed by atoms with E-state index < -0.39 is 11.7 Å². The molecule has 1 spiro atoms. The number of aromatic amines is 1. The number of anilines is 1. The van der Waals surface area contributed by atoms with Crippen LogP contribution in [0, 0.1) is 5.41 Å². The van der Waals surface area contributed by atoms with Crippen LogP contribution in [0.4, 0.5) is 18.9 Å². The van der Waals surface area contributed by atoms with Gasteiger partial charge in [-0.25, -0.2) is 4.98 Å². The van der Waals surface area contributed by atoms with Gasteiger partial charge >= 0.3 is 6.18 Å². The largest absolute Gasteiger partial charge is 0.455 e. The number of aldehydes is 1. The van der Waals surface area contributed by atoms with Crippen LogP contribution >= 0.6 is 0 Å². The first-order valence-electron chi connectivity index (χ1n) is 18.8. The van der Waals surface area contributed by atoms with E-state index in [4.69, 9.17) is 4.74 Å². The van der Waals surface area contributed by atoms with E-state index in [2.05, 4.69) is 62.8 Å². The second kappa shape index (κ2) is 14.3. The Labute approximate surface area is 308 Å². The van der Waals surface area contributed by atoms with Crippen LogP contribution in [-0.4, -0.2) is 64.8 Å². The summed E-state index contributed by atoms with van der Waals surface area (Å²) in [5.41, 5.74) is 5.72. The first-order valence-corrected chi connectivity index (χ1v) is 18.8. The molecule has 2 aromatic heterocycles. The van der Waals surface area contributed by atoms with Gasteiger partial charge in [-0.05, 0) is 90.1 Å². The van der Waals surface area contributed by atoms with Gasteiger partial charge in [0.2, 0.25) is 0 Å². The van der Waals surface area contributed by atoms with Crippen molar-refractivity contribution in [3.8, 4) is 11.5 Å². The average Bonchev–Trinajstić information content (AvgIpc) is 3.62. The molecule has 3 fully saturated rings. The molecule has 1 saturated carbocycles. The Hall–Kier alpha value is -4.67. The molecule has 1 atom stereocenters. The number of aromatic nitrogens is 2. The summed E-state index contributed by atoms with van der Waals surface area (Å²) in [6, 6.07) is 24.9. The highest BCUT2D eigenvalue weighted by Crippen LogP contribution is 2.53. The molecule has 2 saturated heterocycles. The lowest BCUT2D eigenvalue weighted by atomic mass is 9.59.